The van der Waals surface area contributed by atoms with Gasteiger partial charge in [0.1, 0.15) is 6.04 Å². The Labute approximate surface area is 123 Å². The highest BCUT2D eigenvalue weighted by Crippen LogP contribution is 2.39. The molecule has 1 aliphatic rings. The standard InChI is InChI=1S/C15H21N3O3/c1-15(2,16)12(14(20)18-21)17-13(19)11-7-5-10(6-8-11)9-3-4-9/h5-9,12,21H,3-4,16H2,1-2H3,(H,17,19)(H,18,20)/t12-/m1/s1. The summed E-state index contributed by atoms with van der Waals surface area (Å²) in [5.41, 5.74) is 8.08. The molecule has 0 heterocycles. The van der Waals surface area contributed by atoms with Crippen LogP contribution in [0.15, 0.2) is 24.3 Å². The van der Waals surface area contributed by atoms with Crippen LogP contribution in [-0.2, 0) is 4.79 Å². The van der Waals surface area contributed by atoms with E-state index >= 15 is 0 Å². The van der Waals surface area contributed by atoms with Gasteiger partial charge in [0.25, 0.3) is 11.8 Å². The highest BCUT2D eigenvalue weighted by atomic mass is 16.5. The predicted octanol–water partition coefficient (Wildman–Crippen LogP) is 0.905. The first-order chi connectivity index (χ1) is 9.82. The van der Waals surface area contributed by atoms with Crippen molar-refractivity contribution in [2.24, 2.45) is 5.73 Å². The molecule has 1 aromatic carbocycles. The molecule has 0 radical (unpaired) electrons. The minimum Gasteiger partial charge on any atom is -0.338 e. The van der Waals surface area contributed by atoms with E-state index in [4.69, 9.17) is 10.9 Å². The minimum atomic E-state index is -1.03. The fourth-order valence-electron chi connectivity index (χ4n) is 2.19. The van der Waals surface area contributed by atoms with Gasteiger partial charge in [-0.05, 0) is 50.3 Å². The molecule has 2 amide bonds. The predicted molar refractivity (Wildman–Crippen MR) is 77.9 cm³/mol. The molecular weight excluding hydrogens is 270 g/mol. The van der Waals surface area contributed by atoms with E-state index in [0.717, 1.165) is 0 Å². The molecule has 2 rings (SSSR count). The van der Waals surface area contributed by atoms with Crippen molar-refractivity contribution in [2.45, 2.75) is 44.2 Å². The SMILES string of the molecule is CC(C)(N)[C@H](NC(=O)c1ccc(C2CC2)cc1)C(=O)NO. The van der Waals surface area contributed by atoms with Gasteiger partial charge in [0.2, 0.25) is 0 Å². The van der Waals surface area contributed by atoms with Crippen LogP contribution in [0.25, 0.3) is 0 Å². The monoisotopic (exact) mass is 291 g/mol. The van der Waals surface area contributed by atoms with Gasteiger partial charge in [0, 0.05) is 11.1 Å². The molecule has 0 saturated heterocycles. The van der Waals surface area contributed by atoms with Crippen LogP contribution < -0.4 is 16.5 Å². The van der Waals surface area contributed by atoms with Gasteiger partial charge in [-0.3, -0.25) is 14.8 Å². The Bertz CT molecular complexity index is 530. The van der Waals surface area contributed by atoms with Gasteiger partial charge in [0.05, 0.1) is 0 Å². The number of amides is 2. The van der Waals surface area contributed by atoms with Crippen molar-refractivity contribution in [3.8, 4) is 0 Å². The van der Waals surface area contributed by atoms with Crippen molar-refractivity contribution in [2.75, 3.05) is 0 Å². The first-order valence-corrected chi connectivity index (χ1v) is 6.96. The van der Waals surface area contributed by atoms with E-state index in [1.165, 1.54) is 23.9 Å². The number of nitrogens with one attached hydrogen (secondary N) is 2. The molecule has 6 nitrogen and oxygen atoms in total. The second-order valence-corrected chi connectivity index (χ2v) is 6.10. The maximum atomic E-state index is 12.2. The molecule has 114 valence electrons. The molecule has 0 unspecified atom stereocenters. The summed E-state index contributed by atoms with van der Waals surface area (Å²) in [4.78, 5) is 23.8. The van der Waals surface area contributed by atoms with Crippen LogP contribution in [0, 0.1) is 0 Å². The summed E-state index contributed by atoms with van der Waals surface area (Å²) < 4.78 is 0. The topological polar surface area (TPSA) is 104 Å². The van der Waals surface area contributed by atoms with Crippen molar-refractivity contribution in [3.05, 3.63) is 35.4 Å². The summed E-state index contributed by atoms with van der Waals surface area (Å²) in [5.74, 6) is -0.520. The zero-order valence-electron chi connectivity index (χ0n) is 12.2. The number of benzene rings is 1. The van der Waals surface area contributed by atoms with Crippen LogP contribution in [-0.4, -0.2) is 28.6 Å². The summed E-state index contributed by atoms with van der Waals surface area (Å²) in [5, 5.41) is 11.3. The number of hydroxylamine groups is 1. The van der Waals surface area contributed by atoms with Crippen LogP contribution in [0.2, 0.25) is 0 Å². The summed E-state index contributed by atoms with van der Waals surface area (Å²) >= 11 is 0. The second kappa shape index (κ2) is 5.83. The first kappa shape index (κ1) is 15.5. The molecule has 1 saturated carbocycles. The average molecular weight is 291 g/mol. The van der Waals surface area contributed by atoms with Crippen molar-refractivity contribution >= 4 is 11.8 Å². The van der Waals surface area contributed by atoms with E-state index in [1.807, 2.05) is 12.1 Å². The summed E-state index contributed by atoms with van der Waals surface area (Å²) in [7, 11) is 0. The quantitative estimate of drug-likeness (QED) is 0.478. The number of nitrogens with two attached hydrogens (primary N) is 1. The van der Waals surface area contributed by atoms with Gasteiger partial charge in [-0.25, -0.2) is 5.48 Å². The van der Waals surface area contributed by atoms with Crippen LogP contribution in [0.1, 0.15) is 48.5 Å². The molecule has 0 aliphatic heterocycles. The Morgan fingerprint density at radius 2 is 1.86 bits per heavy atom. The fraction of sp³-hybridized carbons (Fsp3) is 0.467. The number of carbonyl (C=O) groups is 2. The van der Waals surface area contributed by atoms with Gasteiger partial charge < -0.3 is 11.1 Å². The highest BCUT2D eigenvalue weighted by molar-refractivity contribution is 5.97. The molecule has 1 aliphatic carbocycles. The lowest BCUT2D eigenvalue weighted by Gasteiger charge is -2.29. The van der Waals surface area contributed by atoms with Gasteiger partial charge in [-0.2, -0.15) is 0 Å². The third kappa shape index (κ3) is 3.80. The normalized spacial score (nSPS) is 16.2. The van der Waals surface area contributed by atoms with Crippen molar-refractivity contribution < 1.29 is 14.8 Å². The maximum Gasteiger partial charge on any atom is 0.267 e. The number of rotatable bonds is 5. The molecule has 6 heteroatoms. The van der Waals surface area contributed by atoms with E-state index < -0.39 is 23.4 Å². The maximum absolute atomic E-state index is 12.2. The van der Waals surface area contributed by atoms with Crippen LogP contribution >= 0.6 is 0 Å². The van der Waals surface area contributed by atoms with E-state index in [0.29, 0.717) is 11.5 Å². The van der Waals surface area contributed by atoms with Crippen molar-refractivity contribution in [3.63, 3.8) is 0 Å². The summed E-state index contributed by atoms with van der Waals surface area (Å²) in [6, 6.07) is 6.31. The Balaban J connectivity index is 2.09. The molecule has 0 aromatic heterocycles. The second-order valence-electron chi connectivity index (χ2n) is 6.10. The van der Waals surface area contributed by atoms with E-state index in [2.05, 4.69) is 5.32 Å². The molecule has 0 spiro atoms. The van der Waals surface area contributed by atoms with Crippen LogP contribution in [0.4, 0.5) is 0 Å². The largest absolute Gasteiger partial charge is 0.338 e. The summed E-state index contributed by atoms with van der Waals surface area (Å²) in [6.45, 7) is 3.20. The number of carbonyl (C=O) groups excluding carboxylic acids is 2. The van der Waals surface area contributed by atoms with Gasteiger partial charge in [0.15, 0.2) is 0 Å². The lowest BCUT2D eigenvalue weighted by Crippen LogP contribution is -2.61. The fourth-order valence-corrected chi connectivity index (χ4v) is 2.19. The third-order valence-electron chi connectivity index (χ3n) is 3.61. The third-order valence-corrected chi connectivity index (χ3v) is 3.61. The molecule has 0 bridgehead atoms. The zero-order chi connectivity index (χ0) is 15.6. The Kier molecular flexibility index (Phi) is 4.29. The molecule has 1 fully saturated rings. The lowest BCUT2D eigenvalue weighted by atomic mass is 9.95. The number of hydrogen-bond acceptors (Lipinski definition) is 4. The zero-order valence-corrected chi connectivity index (χ0v) is 12.2. The smallest absolute Gasteiger partial charge is 0.267 e. The highest BCUT2D eigenvalue weighted by Gasteiger charge is 2.33. The molecule has 1 aromatic rings. The first-order valence-electron chi connectivity index (χ1n) is 6.96. The van der Waals surface area contributed by atoms with Crippen molar-refractivity contribution in [1.82, 2.24) is 10.8 Å². The van der Waals surface area contributed by atoms with E-state index in [-0.39, 0.29) is 0 Å². The van der Waals surface area contributed by atoms with Crippen LogP contribution in [0.3, 0.4) is 0 Å². The molecule has 1 atom stereocenters. The van der Waals surface area contributed by atoms with Gasteiger partial charge >= 0.3 is 0 Å². The molecule has 5 N–H and O–H groups in total. The van der Waals surface area contributed by atoms with Crippen LogP contribution in [0.5, 0.6) is 0 Å². The lowest BCUT2D eigenvalue weighted by molar-refractivity contribution is -0.132. The van der Waals surface area contributed by atoms with Gasteiger partial charge in [-0.1, -0.05) is 12.1 Å². The van der Waals surface area contributed by atoms with E-state index in [1.54, 1.807) is 26.0 Å². The Morgan fingerprint density at radius 1 is 1.29 bits per heavy atom. The minimum absolute atomic E-state index is 0.399. The van der Waals surface area contributed by atoms with Gasteiger partial charge in [-0.15, -0.1) is 0 Å². The molecule has 21 heavy (non-hydrogen) atoms. The van der Waals surface area contributed by atoms with E-state index in [9.17, 15) is 9.59 Å². The Morgan fingerprint density at radius 3 is 2.29 bits per heavy atom. The molecular formula is C15H21N3O3. The summed E-state index contributed by atoms with van der Waals surface area (Å²) in [6.07, 6.45) is 2.40. The number of hydrogen-bond donors (Lipinski definition) is 4. The average Bonchev–Trinajstić information content (AvgIpc) is 3.27. The Hall–Kier alpha value is -1.92. The van der Waals surface area contributed by atoms with Crippen molar-refractivity contribution in [1.29, 1.82) is 0 Å².